The molecule has 0 saturated carbocycles. The molecule has 0 fully saturated rings. The standard InChI is InChI=1S/C15H27N2.CH3O.2ClH.Ti/c1-13(2,3)10-11(14(4,5)6)17-12(16-10)15(7,8)9;1-2;;;/h1-9H3;1H3;2*1H;/q2*-1;;;+4/p-2. The van der Waals surface area contributed by atoms with Crippen LogP contribution in [0.3, 0.4) is 0 Å². The van der Waals surface area contributed by atoms with E-state index in [-0.39, 0.29) is 41.1 Å². The van der Waals surface area contributed by atoms with Crippen molar-refractivity contribution in [2.75, 3.05) is 7.11 Å². The van der Waals surface area contributed by atoms with Crippen LogP contribution in [0.25, 0.3) is 0 Å². The largest absolute Gasteiger partial charge is 1.00 e. The Morgan fingerprint density at radius 3 is 1.32 bits per heavy atom. The monoisotopic (exact) mass is 384 g/mol. The summed E-state index contributed by atoms with van der Waals surface area (Å²) in [6.07, 6.45) is 0. The molecule has 22 heavy (non-hydrogen) atoms. The minimum absolute atomic E-state index is 0. The molecule has 0 spiro atoms. The second kappa shape index (κ2) is 9.08. The van der Waals surface area contributed by atoms with Crippen LogP contribution in [0.2, 0.25) is 0 Å². The molecule has 0 amide bonds. The summed E-state index contributed by atoms with van der Waals surface area (Å²) < 4.78 is 2.31. The van der Waals surface area contributed by atoms with Crippen molar-refractivity contribution >= 4 is 0 Å². The van der Waals surface area contributed by atoms with Gasteiger partial charge < -0.3 is 29.9 Å². The van der Waals surface area contributed by atoms with Gasteiger partial charge in [0.2, 0.25) is 0 Å². The molecule has 1 rings (SSSR count). The predicted octanol–water partition coefficient (Wildman–Crippen LogP) is -2.93. The summed E-state index contributed by atoms with van der Waals surface area (Å²) in [5.41, 5.74) is 2.89. The zero-order chi connectivity index (χ0) is 16.5. The summed E-state index contributed by atoms with van der Waals surface area (Å²) in [5, 5.41) is 8.25. The molecule has 0 aromatic carbocycles. The first-order valence-electron chi connectivity index (χ1n) is 7.03. The Bertz CT molecular complexity index is 452. The number of nitrogens with zero attached hydrogens (tertiary/aromatic N) is 2. The van der Waals surface area contributed by atoms with Gasteiger partial charge in [0.15, 0.2) is 0 Å². The van der Waals surface area contributed by atoms with Gasteiger partial charge in [0, 0.05) is 0 Å². The van der Waals surface area contributed by atoms with E-state index in [4.69, 9.17) is 10.1 Å². The third-order valence-corrected chi connectivity index (χ3v) is 3.65. The van der Waals surface area contributed by atoms with Gasteiger partial charge in [0.1, 0.15) is 0 Å². The van der Waals surface area contributed by atoms with Crippen LogP contribution in [-0.4, -0.2) is 15.1 Å². The third kappa shape index (κ3) is 6.53. The summed E-state index contributed by atoms with van der Waals surface area (Å²) in [5.74, 6) is 1.18. The Labute approximate surface area is 161 Å². The molecule has 1 aromatic heterocycles. The van der Waals surface area contributed by atoms with Crippen molar-refractivity contribution < 1.29 is 50.6 Å². The number of hydrogen-bond donors (Lipinski definition) is 0. The molecule has 0 bridgehead atoms. The quantitative estimate of drug-likeness (QED) is 0.449. The second-order valence-corrected chi connectivity index (χ2v) is 8.92. The zero-order valence-electron chi connectivity index (χ0n) is 15.6. The Hall–Kier alpha value is 0.464. The van der Waals surface area contributed by atoms with Gasteiger partial charge in [-0.1, -0.05) is 0 Å². The summed E-state index contributed by atoms with van der Waals surface area (Å²) in [6.45, 7) is 20.2. The van der Waals surface area contributed by atoms with Gasteiger partial charge in [0.25, 0.3) is 0 Å². The molecule has 6 heteroatoms. The molecule has 0 atom stereocenters. The van der Waals surface area contributed by atoms with Crippen LogP contribution < -0.4 is 29.9 Å². The molecule has 1 aromatic rings. The topological polar surface area (TPSA) is 40.9 Å². The Morgan fingerprint density at radius 2 is 1.14 bits per heavy atom. The third-order valence-electron chi connectivity index (χ3n) is 2.97. The van der Waals surface area contributed by atoms with Gasteiger partial charge in [-0.25, -0.2) is 0 Å². The maximum Gasteiger partial charge on any atom is -0.153 e. The van der Waals surface area contributed by atoms with E-state index in [1.807, 2.05) is 0 Å². The molecule has 0 aliphatic carbocycles. The maximum atomic E-state index is 8.25. The molecule has 3 nitrogen and oxygen atoms in total. The van der Waals surface area contributed by atoms with Crippen LogP contribution in [0.1, 0.15) is 79.5 Å². The molecule has 0 N–H and O–H groups in total. The van der Waals surface area contributed by atoms with E-state index in [0.717, 1.165) is 7.11 Å². The van der Waals surface area contributed by atoms with Crippen molar-refractivity contribution in [1.29, 1.82) is 0 Å². The van der Waals surface area contributed by atoms with E-state index in [1.54, 1.807) is 0 Å². The number of imidazole rings is 1. The first-order valence-corrected chi connectivity index (χ1v) is 7.72. The fourth-order valence-electron chi connectivity index (χ4n) is 2.14. The van der Waals surface area contributed by atoms with Crippen LogP contribution in [0, 0.1) is 0 Å². The van der Waals surface area contributed by atoms with Crippen molar-refractivity contribution in [1.82, 2.24) is 8.03 Å². The molecule has 0 saturated heterocycles. The van der Waals surface area contributed by atoms with Crippen LogP contribution in [0.4, 0.5) is 0 Å². The summed E-state index contributed by atoms with van der Waals surface area (Å²) in [6, 6.07) is 0. The zero-order valence-corrected chi connectivity index (χ0v) is 18.6. The smallest absolute Gasteiger partial charge is 0.153 e. The van der Waals surface area contributed by atoms with Gasteiger partial charge >= 0.3 is 124 Å². The Kier molecular flexibility index (Phi) is 11.3. The van der Waals surface area contributed by atoms with Crippen molar-refractivity contribution in [2.45, 2.75) is 78.6 Å². The van der Waals surface area contributed by atoms with E-state index < -0.39 is 0 Å². The molecule has 1 heterocycles. The summed E-state index contributed by atoms with van der Waals surface area (Å²) in [4.78, 5) is 4.98. The number of hydrogen-bond acceptors (Lipinski definition) is 2. The first-order chi connectivity index (χ1) is 8.76. The van der Waals surface area contributed by atoms with E-state index in [0.29, 0.717) is 0 Å². The van der Waals surface area contributed by atoms with Crippen molar-refractivity contribution in [3.05, 3.63) is 17.2 Å². The minimum atomic E-state index is 0. The Morgan fingerprint density at radius 1 is 0.773 bits per heavy atom. The van der Waals surface area contributed by atoms with Gasteiger partial charge in [-0.05, 0) is 0 Å². The number of rotatable bonds is 0. The number of halogens is 2. The molecule has 0 unspecified atom stereocenters. The molecular formula is C16H30Cl2N2OTi. The minimum Gasteiger partial charge on any atom is -1.00 e. The van der Waals surface area contributed by atoms with Crippen LogP contribution in [-0.2, 0) is 36.9 Å². The van der Waals surface area contributed by atoms with E-state index >= 15 is 0 Å². The summed E-state index contributed by atoms with van der Waals surface area (Å²) in [7, 11) is 0.750. The molecule has 0 aliphatic heterocycles. The second-order valence-electron chi connectivity index (χ2n) is 8.22. The fraction of sp³-hybridized carbons (Fsp3) is 0.812. The van der Waals surface area contributed by atoms with Gasteiger partial charge in [0.05, 0.1) is 0 Å². The van der Waals surface area contributed by atoms with Gasteiger partial charge in [-0.2, -0.15) is 7.11 Å². The maximum absolute atomic E-state index is 8.25. The predicted molar refractivity (Wildman–Crippen MR) is 79.6 cm³/mol. The fourth-order valence-corrected chi connectivity index (χ4v) is 3.43. The number of aromatic nitrogens is 2. The van der Waals surface area contributed by atoms with Crippen molar-refractivity contribution in [3.63, 3.8) is 0 Å². The first kappa shape index (κ1) is 27.3. The van der Waals surface area contributed by atoms with Gasteiger partial charge in [-0.3, -0.25) is 0 Å². The normalized spacial score (nSPS) is 11.9. The van der Waals surface area contributed by atoms with Gasteiger partial charge in [-0.15, -0.1) is 0 Å². The molecule has 128 valence electrons. The van der Waals surface area contributed by atoms with Crippen LogP contribution >= 0.6 is 0 Å². The average molecular weight is 385 g/mol. The average Bonchev–Trinajstić information content (AvgIpc) is 2.57. The SMILES string of the molecule is CC(C)(C)c1nc(C(C)(C)C)[n]([Ti+3])c1C(C)(C)C.C[O-].[Cl-].[Cl-]. The van der Waals surface area contributed by atoms with E-state index in [1.165, 1.54) is 17.2 Å². The van der Waals surface area contributed by atoms with Crippen molar-refractivity contribution in [3.8, 4) is 0 Å². The van der Waals surface area contributed by atoms with Crippen LogP contribution in [0.5, 0.6) is 0 Å². The summed E-state index contributed by atoms with van der Waals surface area (Å²) >= 11 is 2.16. The van der Waals surface area contributed by atoms with E-state index in [9.17, 15) is 0 Å². The van der Waals surface area contributed by atoms with E-state index in [2.05, 4.69) is 86.1 Å². The molecule has 0 radical (unpaired) electrons. The Balaban J connectivity index is -0.000000864. The van der Waals surface area contributed by atoms with Crippen molar-refractivity contribution in [2.24, 2.45) is 0 Å². The molecule has 0 aliphatic rings. The molecular weight excluding hydrogens is 355 g/mol. The van der Waals surface area contributed by atoms with Crippen LogP contribution in [0.15, 0.2) is 0 Å².